The van der Waals surface area contributed by atoms with Crippen LogP contribution in [0.2, 0.25) is 5.02 Å². The van der Waals surface area contributed by atoms with Crippen molar-refractivity contribution in [2.24, 2.45) is 0 Å². The molecular weight excluding hydrogens is 462 g/mol. The zero-order chi connectivity index (χ0) is 24.0. The number of aromatic nitrogens is 3. The Labute approximate surface area is 201 Å². The minimum atomic E-state index is -0.662. The first-order valence-corrected chi connectivity index (χ1v) is 12.2. The highest BCUT2D eigenvalue weighted by atomic mass is 35.5. The number of amides is 1. The number of carbonyl (C=O) groups is 1. The molecule has 2 heterocycles. The van der Waals surface area contributed by atoms with Gasteiger partial charge in [0.1, 0.15) is 10.8 Å². The summed E-state index contributed by atoms with van der Waals surface area (Å²) in [4.78, 5) is 46.6. The summed E-state index contributed by atoms with van der Waals surface area (Å²) in [7, 11) is 0. The number of carbonyl (C=O) groups excluding carboxylic acids is 1. The molecule has 0 bridgehead atoms. The van der Waals surface area contributed by atoms with Gasteiger partial charge in [-0.3, -0.25) is 19.1 Å². The number of H-pyrrole nitrogens is 1. The number of benzene rings is 1. The Balaban J connectivity index is 1.93. The van der Waals surface area contributed by atoms with Crippen molar-refractivity contribution in [3.8, 4) is 10.6 Å². The molecule has 176 valence electrons. The molecule has 0 aliphatic heterocycles. The lowest BCUT2D eigenvalue weighted by atomic mass is 10.2. The number of nitrogen functional groups attached to an aromatic ring is 1. The first kappa shape index (κ1) is 24.7. The van der Waals surface area contributed by atoms with Gasteiger partial charge in [0.2, 0.25) is 5.91 Å². The summed E-state index contributed by atoms with van der Waals surface area (Å²) in [6.07, 6.45) is 3.08. The third-order valence-corrected chi connectivity index (χ3v) is 6.50. The average Bonchev–Trinajstić information content (AvgIpc) is 3.24. The number of nitrogens with zero attached hydrogens (tertiary/aromatic N) is 3. The second-order valence-electron chi connectivity index (χ2n) is 7.70. The Hall–Kier alpha value is -2.91. The van der Waals surface area contributed by atoms with E-state index in [2.05, 4.69) is 9.97 Å². The summed E-state index contributed by atoms with van der Waals surface area (Å²) in [5, 5.41) is 3.11. The van der Waals surface area contributed by atoms with E-state index in [4.69, 9.17) is 17.3 Å². The monoisotopic (exact) mass is 489 g/mol. The summed E-state index contributed by atoms with van der Waals surface area (Å²) >= 11 is 7.67. The minimum Gasteiger partial charge on any atom is -0.383 e. The van der Waals surface area contributed by atoms with Crippen LogP contribution in [0.3, 0.4) is 0 Å². The van der Waals surface area contributed by atoms with Crippen LogP contribution in [-0.4, -0.2) is 27.0 Å². The lowest BCUT2D eigenvalue weighted by molar-refractivity contribution is -0.118. The number of thiazole rings is 1. The SMILES string of the molecule is CCCCN(C(=O)Cc1csc(-c2ccccc2Cl)n1)c1c(N)n(CCCC)c(=O)[nH]c1=O. The first-order chi connectivity index (χ1) is 15.9. The van der Waals surface area contributed by atoms with Gasteiger partial charge in [-0.05, 0) is 18.9 Å². The predicted octanol–water partition coefficient (Wildman–Crippen LogP) is 4.07. The van der Waals surface area contributed by atoms with E-state index in [-0.39, 0.29) is 23.8 Å². The predicted molar refractivity (Wildman–Crippen MR) is 134 cm³/mol. The molecule has 33 heavy (non-hydrogen) atoms. The van der Waals surface area contributed by atoms with Crippen LogP contribution in [0.5, 0.6) is 0 Å². The van der Waals surface area contributed by atoms with Gasteiger partial charge in [-0.1, -0.05) is 56.5 Å². The highest BCUT2D eigenvalue weighted by molar-refractivity contribution is 7.13. The molecule has 0 unspecified atom stereocenters. The lowest BCUT2D eigenvalue weighted by Crippen LogP contribution is -2.42. The molecule has 10 heteroatoms. The van der Waals surface area contributed by atoms with Crippen LogP contribution in [-0.2, 0) is 17.8 Å². The van der Waals surface area contributed by atoms with Crippen molar-refractivity contribution in [3.63, 3.8) is 0 Å². The standard InChI is InChI=1S/C23H28ClN5O3S/c1-3-5-11-28(19-20(25)29(12-6-4-2)23(32)27-21(19)31)18(30)13-15-14-33-22(26-15)16-9-7-8-10-17(16)24/h7-10,14H,3-6,11-13,25H2,1-2H3,(H,27,31,32). The van der Waals surface area contributed by atoms with Gasteiger partial charge in [-0.2, -0.15) is 0 Å². The van der Waals surface area contributed by atoms with Crippen molar-refractivity contribution in [2.45, 2.75) is 52.5 Å². The maximum absolute atomic E-state index is 13.3. The maximum atomic E-state index is 13.3. The van der Waals surface area contributed by atoms with Gasteiger partial charge >= 0.3 is 5.69 Å². The Morgan fingerprint density at radius 3 is 2.64 bits per heavy atom. The topological polar surface area (TPSA) is 114 Å². The molecule has 0 radical (unpaired) electrons. The van der Waals surface area contributed by atoms with Crippen LogP contribution in [0.25, 0.3) is 10.6 Å². The first-order valence-electron chi connectivity index (χ1n) is 11.0. The number of hydrogen-bond donors (Lipinski definition) is 2. The Morgan fingerprint density at radius 2 is 1.94 bits per heavy atom. The molecule has 8 nitrogen and oxygen atoms in total. The van der Waals surface area contributed by atoms with E-state index in [1.165, 1.54) is 20.8 Å². The number of nitrogens with two attached hydrogens (primary N) is 1. The van der Waals surface area contributed by atoms with Crippen LogP contribution in [0.4, 0.5) is 11.5 Å². The second-order valence-corrected chi connectivity index (χ2v) is 8.96. The molecule has 2 aromatic heterocycles. The van der Waals surface area contributed by atoms with E-state index in [1.54, 1.807) is 6.07 Å². The van der Waals surface area contributed by atoms with Crippen LogP contribution < -0.4 is 21.9 Å². The maximum Gasteiger partial charge on any atom is 0.330 e. The van der Waals surface area contributed by atoms with E-state index < -0.39 is 11.2 Å². The second kappa shape index (κ2) is 11.3. The minimum absolute atomic E-state index is 0.00235. The van der Waals surface area contributed by atoms with Crippen molar-refractivity contribution >= 4 is 40.4 Å². The van der Waals surface area contributed by atoms with Crippen LogP contribution >= 0.6 is 22.9 Å². The largest absolute Gasteiger partial charge is 0.383 e. The van der Waals surface area contributed by atoms with E-state index >= 15 is 0 Å². The Kier molecular flexibility index (Phi) is 8.46. The molecule has 0 atom stereocenters. The molecule has 3 N–H and O–H groups in total. The van der Waals surface area contributed by atoms with Crippen molar-refractivity contribution in [1.29, 1.82) is 0 Å². The molecule has 3 aromatic rings. The van der Waals surface area contributed by atoms with E-state index in [9.17, 15) is 14.4 Å². The molecule has 1 aromatic carbocycles. The number of rotatable bonds is 10. The van der Waals surface area contributed by atoms with Crippen molar-refractivity contribution in [1.82, 2.24) is 14.5 Å². The number of nitrogens with one attached hydrogen (secondary N) is 1. The zero-order valence-electron chi connectivity index (χ0n) is 18.8. The molecule has 3 rings (SSSR count). The highest BCUT2D eigenvalue weighted by Crippen LogP contribution is 2.30. The van der Waals surface area contributed by atoms with Crippen LogP contribution in [0, 0.1) is 0 Å². The summed E-state index contributed by atoms with van der Waals surface area (Å²) < 4.78 is 1.32. The molecule has 0 fully saturated rings. The molecule has 0 spiro atoms. The van der Waals surface area contributed by atoms with Crippen LogP contribution in [0.1, 0.15) is 45.2 Å². The van der Waals surface area contributed by atoms with Crippen molar-refractivity contribution < 1.29 is 4.79 Å². The third-order valence-electron chi connectivity index (χ3n) is 5.24. The van der Waals surface area contributed by atoms with Gasteiger partial charge in [0.15, 0.2) is 5.69 Å². The number of hydrogen-bond acceptors (Lipinski definition) is 6. The Bertz CT molecular complexity index is 1230. The quantitative estimate of drug-likeness (QED) is 0.445. The highest BCUT2D eigenvalue weighted by Gasteiger charge is 2.24. The van der Waals surface area contributed by atoms with Gasteiger partial charge in [0.05, 0.1) is 17.1 Å². The van der Waals surface area contributed by atoms with Gasteiger partial charge in [0.25, 0.3) is 5.56 Å². The van der Waals surface area contributed by atoms with Crippen molar-refractivity contribution in [3.05, 3.63) is 61.2 Å². The molecule has 0 aliphatic rings. The number of anilines is 2. The van der Waals surface area contributed by atoms with E-state index in [1.807, 2.05) is 37.4 Å². The fourth-order valence-corrected chi connectivity index (χ4v) is 4.59. The molecule has 0 saturated carbocycles. The van der Waals surface area contributed by atoms with Crippen LogP contribution in [0.15, 0.2) is 39.2 Å². The summed E-state index contributed by atoms with van der Waals surface area (Å²) in [5.74, 6) is -0.297. The van der Waals surface area contributed by atoms with Gasteiger partial charge in [-0.15, -0.1) is 11.3 Å². The average molecular weight is 490 g/mol. The Morgan fingerprint density at radius 1 is 1.21 bits per heavy atom. The fourth-order valence-electron chi connectivity index (χ4n) is 3.45. The zero-order valence-corrected chi connectivity index (χ0v) is 20.3. The summed E-state index contributed by atoms with van der Waals surface area (Å²) in [6, 6.07) is 7.39. The fraction of sp³-hybridized carbons (Fsp3) is 0.391. The molecule has 0 saturated heterocycles. The van der Waals surface area contributed by atoms with E-state index in [0.717, 1.165) is 24.8 Å². The normalized spacial score (nSPS) is 11.0. The van der Waals surface area contributed by atoms with Crippen molar-refractivity contribution in [2.75, 3.05) is 17.2 Å². The summed E-state index contributed by atoms with van der Waals surface area (Å²) in [6.45, 7) is 4.68. The van der Waals surface area contributed by atoms with Gasteiger partial charge in [0, 0.05) is 24.0 Å². The van der Waals surface area contributed by atoms with Gasteiger partial charge < -0.3 is 10.6 Å². The van der Waals surface area contributed by atoms with Gasteiger partial charge in [-0.25, -0.2) is 9.78 Å². The molecular formula is C23H28ClN5O3S. The summed E-state index contributed by atoms with van der Waals surface area (Å²) in [5.41, 5.74) is 6.42. The molecule has 0 aliphatic carbocycles. The number of halogens is 1. The smallest absolute Gasteiger partial charge is 0.330 e. The molecule has 1 amide bonds. The number of unbranched alkanes of at least 4 members (excludes halogenated alkanes) is 2. The lowest BCUT2D eigenvalue weighted by Gasteiger charge is -2.24. The third kappa shape index (κ3) is 5.72. The number of aromatic amines is 1. The van der Waals surface area contributed by atoms with E-state index in [0.29, 0.717) is 35.2 Å².